The van der Waals surface area contributed by atoms with E-state index in [0.29, 0.717) is 19.0 Å². The van der Waals surface area contributed by atoms with E-state index in [1.807, 2.05) is 30.7 Å². The quantitative estimate of drug-likeness (QED) is 0.896. The lowest BCUT2D eigenvalue weighted by atomic mass is 10.1. The summed E-state index contributed by atoms with van der Waals surface area (Å²) >= 11 is 0. The zero-order valence-electron chi connectivity index (χ0n) is 10.9. The van der Waals surface area contributed by atoms with Gasteiger partial charge in [0.2, 0.25) is 0 Å². The molecule has 0 unspecified atom stereocenters. The van der Waals surface area contributed by atoms with Gasteiger partial charge in [-0.2, -0.15) is 0 Å². The van der Waals surface area contributed by atoms with Crippen LogP contribution in [0.3, 0.4) is 0 Å². The van der Waals surface area contributed by atoms with Gasteiger partial charge >= 0.3 is 5.97 Å². The monoisotopic (exact) mass is 261 g/mol. The summed E-state index contributed by atoms with van der Waals surface area (Å²) in [6, 6.07) is 3.80. The lowest BCUT2D eigenvalue weighted by Crippen LogP contribution is -2.15. The minimum atomic E-state index is -0.828. The summed E-state index contributed by atoms with van der Waals surface area (Å²) in [5, 5.41) is 9.96. The second-order valence-electron chi connectivity index (χ2n) is 4.71. The molecule has 0 saturated carbocycles. The van der Waals surface area contributed by atoms with Crippen molar-refractivity contribution in [3.63, 3.8) is 0 Å². The Morgan fingerprint density at radius 1 is 1.32 bits per heavy atom. The summed E-state index contributed by atoms with van der Waals surface area (Å²) in [5.74, 6) is 0.586. The van der Waals surface area contributed by atoms with Gasteiger partial charge in [-0.3, -0.25) is 4.79 Å². The van der Waals surface area contributed by atoms with Crippen LogP contribution in [0.4, 0.5) is 0 Å². The van der Waals surface area contributed by atoms with Crippen molar-refractivity contribution in [3.8, 4) is 11.5 Å². The van der Waals surface area contributed by atoms with Gasteiger partial charge in [-0.1, -0.05) is 0 Å². The third-order valence-corrected chi connectivity index (χ3v) is 3.61. The summed E-state index contributed by atoms with van der Waals surface area (Å²) in [5.41, 5.74) is 2.76. The summed E-state index contributed by atoms with van der Waals surface area (Å²) < 4.78 is 13.1. The normalized spacial score (nSPS) is 13.8. The molecule has 1 N–H and O–H groups in total. The smallest absolute Gasteiger partial charge is 0.307 e. The van der Waals surface area contributed by atoms with E-state index < -0.39 is 5.97 Å². The molecule has 0 spiro atoms. The van der Waals surface area contributed by atoms with Crippen LogP contribution < -0.4 is 9.47 Å². The predicted octanol–water partition coefficient (Wildman–Crippen LogP) is 1.89. The van der Waals surface area contributed by atoms with Crippen LogP contribution in [0.15, 0.2) is 12.1 Å². The number of aromatic nitrogens is 1. The van der Waals surface area contributed by atoms with Crippen molar-refractivity contribution in [1.82, 2.24) is 4.57 Å². The molecule has 2 heterocycles. The van der Waals surface area contributed by atoms with E-state index in [9.17, 15) is 4.79 Å². The Hall–Kier alpha value is -2.17. The zero-order chi connectivity index (χ0) is 13.6. The predicted molar refractivity (Wildman–Crippen MR) is 70.0 cm³/mol. The third kappa shape index (κ3) is 1.82. The van der Waals surface area contributed by atoms with Crippen molar-refractivity contribution < 1.29 is 19.4 Å². The molecule has 0 aliphatic carbocycles. The molecule has 3 rings (SSSR count). The topological polar surface area (TPSA) is 60.7 Å². The van der Waals surface area contributed by atoms with Gasteiger partial charge in [-0.25, -0.2) is 0 Å². The highest BCUT2D eigenvalue weighted by atomic mass is 16.6. The van der Waals surface area contributed by atoms with Gasteiger partial charge in [0, 0.05) is 24.2 Å². The zero-order valence-corrected chi connectivity index (χ0v) is 10.9. The first kappa shape index (κ1) is 11.9. The summed E-state index contributed by atoms with van der Waals surface area (Å²) in [6.07, 6.45) is 0.0167. The van der Waals surface area contributed by atoms with E-state index in [1.165, 1.54) is 0 Å². The fourth-order valence-electron chi connectivity index (χ4n) is 2.55. The maximum Gasteiger partial charge on any atom is 0.307 e. The molecule has 0 bridgehead atoms. The van der Waals surface area contributed by atoms with E-state index in [4.69, 9.17) is 14.6 Å². The standard InChI is InChI=1S/C14H15NO4/c1-8-9(6-14(16)17)10-5-12-13(19-4-3-18-12)7-11(10)15(8)2/h5,7H,3-4,6H2,1-2H3,(H,16,17). The van der Waals surface area contributed by atoms with Crippen molar-refractivity contribution >= 4 is 16.9 Å². The number of aliphatic carboxylic acids is 1. The number of hydrogen-bond acceptors (Lipinski definition) is 3. The molecule has 0 fully saturated rings. The molecule has 0 saturated heterocycles. The highest BCUT2D eigenvalue weighted by Crippen LogP contribution is 2.37. The maximum absolute atomic E-state index is 11.0. The Bertz CT molecular complexity index is 672. The lowest BCUT2D eigenvalue weighted by Gasteiger charge is -2.18. The SMILES string of the molecule is Cc1c(CC(=O)O)c2cc3c(cc2n1C)OCCO3. The molecule has 100 valence electrons. The first-order valence-electron chi connectivity index (χ1n) is 6.17. The number of carboxylic acid groups (broad SMARTS) is 1. The van der Waals surface area contributed by atoms with E-state index >= 15 is 0 Å². The van der Waals surface area contributed by atoms with E-state index in [1.54, 1.807) is 0 Å². The molecular formula is C14H15NO4. The molecule has 1 aromatic heterocycles. The fourth-order valence-corrected chi connectivity index (χ4v) is 2.55. The minimum absolute atomic E-state index is 0.0167. The fraction of sp³-hybridized carbons (Fsp3) is 0.357. The van der Waals surface area contributed by atoms with Gasteiger partial charge < -0.3 is 19.1 Å². The highest BCUT2D eigenvalue weighted by Gasteiger charge is 2.19. The van der Waals surface area contributed by atoms with Crippen molar-refractivity contribution in [1.29, 1.82) is 0 Å². The Labute approximate surface area is 110 Å². The maximum atomic E-state index is 11.0. The second kappa shape index (κ2) is 4.19. The van der Waals surface area contributed by atoms with E-state index in [2.05, 4.69) is 0 Å². The molecule has 1 aliphatic rings. The lowest BCUT2D eigenvalue weighted by molar-refractivity contribution is -0.136. The van der Waals surface area contributed by atoms with Crippen molar-refractivity contribution in [2.24, 2.45) is 7.05 Å². The molecule has 1 aliphatic heterocycles. The van der Waals surface area contributed by atoms with Gasteiger partial charge in [0.25, 0.3) is 0 Å². The van der Waals surface area contributed by atoms with Gasteiger partial charge in [-0.15, -0.1) is 0 Å². The number of rotatable bonds is 2. The molecule has 0 atom stereocenters. The van der Waals surface area contributed by atoms with Crippen LogP contribution in [-0.4, -0.2) is 28.9 Å². The number of fused-ring (bicyclic) bond motifs is 2. The Morgan fingerprint density at radius 2 is 1.95 bits per heavy atom. The number of aryl methyl sites for hydroxylation is 1. The molecular weight excluding hydrogens is 246 g/mol. The first-order chi connectivity index (χ1) is 9.08. The number of benzene rings is 1. The van der Waals surface area contributed by atoms with Crippen LogP contribution >= 0.6 is 0 Å². The number of ether oxygens (including phenoxy) is 2. The minimum Gasteiger partial charge on any atom is -0.486 e. The van der Waals surface area contributed by atoms with Gasteiger partial charge in [-0.05, 0) is 18.6 Å². The molecule has 5 nitrogen and oxygen atoms in total. The summed E-state index contributed by atoms with van der Waals surface area (Å²) in [6.45, 7) is 3.00. The van der Waals surface area contributed by atoms with Crippen LogP contribution in [0.2, 0.25) is 0 Å². The number of nitrogens with zero attached hydrogens (tertiary/aromatic N) is 1. The van der Waals surface area contributed by atoms with Crippen LogP contribution in [0.1, 0.15) is 11.3 Å². The second-order valence-corrected chi connectivity index (χ2v) is 4.71. The molecule has 0 radical (unpaired) electrons. The summed E-state index contributed by atoms with van der Waals surface area (Å²) in [7, 11) is 1.93. The Morgan fingerprint density at radius 3 is 2.58 bits per heavy atom. The first-order valence-corrected chi connectivity index (χ1v) is 6.17. The highest BCUT2D eigenvalue weighted by molar-refractivity contribution is 5.91. The van der Waals surface area contributed by atoms with Gasteiger partial charge in [0.15, 0.2) is 11.5 Å². The molecule has 5 heteroatoms. The van der Waals surface area contributed by atoms with Crippen LogP contribution in [0.5, 0.6) is 11.5 Å². The third-order valence-electron chi connectivity index (χ3n) is 3.61. The molecule has 0 amide bonds. The summed E-state index contributed by atoms with van der Waals surface area (Å²) in [4.78, 5) is 11.0. The van der Waals surface area contributed by atoms with Crippen LogP contribution in [0.25, 0.3) is 10.9 Å². The molecule has 2 aromatic rings. The van der Waals surface area contributed by atoms with Crippen molar-refractivity contribution in [3.05, 3.63) is 23.4 Å². The van der Waals surface area contributed by atoms with Crippen LogP contribution in [-0.2, 0) is 18.3 Å². The molecule has 1 aromatic carbocycles. The number of hydrogen-bond donors (Lipinski definition) is 1. The van der Waals surface area contributed by atoms with Gasteiger partial charge in [0.1, 0.15) is 13.2 Å². The average Bonchev–Trinajstić information content (AvgIpc) is 2.61. The average molecular weight is 261 g/mol. The number of carbonyl (C=O) groups is 1. The molecule has 19 heavy (non-hydrogen) atoms. The van der Waals surface area contributed by atoms with E-state index in [-0.39, 0.29) is 6.42 Å². The number of carboxylic acids is 1. The van der Waals surface area contributed by atoms with Gasteiger partial charge in [0.05, 0.1) is 11.9 Å². The van der Waals surface area contributed by atoms with Crippen molar-refractivity contribution in [2.75, 3.05) is 13.2 Å². The Balaban J connectivity index is 2.26. The van der Waals surface area contributed by atoms with Crippen LogP contribution in [0, 0.1) is 6.92 Å². The largest absolute Gasteiger partial charge is 0.486 e. The van der Waals surface area contributed by atoms with Crippen molar-refractivity contribution in [2.45, 2.75) is 13.3 Å². The Kier molecular flexibility index (Phi) is 2.62. The van der Waals surface area contributed by atoms with E-state index in [0.717, 1.165) is 27.9 Å².